The van der Waals surface area contributed by atoms with Crippen LogP contribution in [-0.4, -0.2) is 26.2 Å². The van der Waals surface area contributed by atoms with Crippen molar-refractivity contribution in [2.75, 3.05) is 5.73 Å². The number of carbonyl (C=O) groups excluding carboxylic acids is 1. The van der Waals surface area contributed by atoms with Gasteiger partial charge in [0.15, 0.2) is 5.78 Å². The Morgan fingerprint density at radius 1 is 1.29 bits per heavy atom. The first kappa shape index (κ1) is 13.6. The highest BCUT2D eigenvalue weighted by molar-refractivity contribution is 8.00. The van der Waals surface area contributed by atoms with Crippen molar-refractivity contribution in [2.45, 2.75) is 55.9 Å². The fraction of sp³-hybridized carbons (Fsp3) is 0.800. The maximum atomic E-state index is 13.1. The summed E-state index contributed by atoms with van der Waals surface area (Å²) in [4.78, 5) is 17.2. The molecule has 5 nitrogen and oxygen atoms in total. The van der Waals surface area contributed by atoms with Crippen LogP contribution in [0, 0.1) is 23.2 Å². The largest absolute Gasteiger partial charge is 0.368 e. The number of nitrogens with two attached hydrogens (primary N) is 1. The molecule has 4 aliphatic carbocycles. The molecule has 0 spiro atoms. The maximum Gasteiger partial charge on any atom is 0.216 e. The van der Waals surface area contributed by atoms with E-state index in [1.165, 1.54) is 31.0 Å². The zero-order valence-corrected chi connectivity index (χ0v) is 13.2. The van der Waals surface area contributed by atoms with Crippen molar-refractivity contribution in [3.8, 4) is 0 Å². The van der Waals surface area contributed by atoms with E-state index in [1.807, 2.05) is 6.92 Å². The van der Waals surface area contributed by atoms with Gasteiger partial charge in [0.1, 0.15) is 0 Å². The summed E-state index contributed by atoms with van der Waals surface area (Å²) in [7, 11) is 0. The Labute approximate surface area is 128 Å². The molecule has 3 N–H and O–H groups in total. The third-order valence-electron chi connectivity index (χ3n) is 5.69. The number of nitrogens with zero attached hydrogens (tertiary/aromatic N) is 2. The summed E-state index contributed by atoms with van der Waals surface area (Å²) < 4.78 is 0. The number of aromatic amines is 1. The SMILES string of the molecule is CC(Sc1n[nH]c(N)n1)C(=O)C12CC3CC(CC(C3)C1)C2. The van der Waals surface area contributed by atoms with Gasteiger partial charge in [0.2, 0.25) is 11.1 Å². The van der Waals surface area contributed by atoms with Gasteiger partial charge in [0.05, 0.1) is 5.25 Å². The van der Waals surface area contributed by atoms with Gasteiger partial charge in [-0.1, -0.05) is 11.8 Å². The zero-order chi connectivity index (χ0) is 14.6. The number of thioether (sulfide) groups is 1. The van der Waals surface area contributed by atoms with Crippen LogP contribution in [0.5, 0.6) is 0 Å². The summed E-state index contributed by atoms with van der Waals surface area (Å²) in [6.45, 7) is 2.00. The van der Waals surface area contributed by atoms with Crippen molar-refractivity contribution >= 4 is 23.5 Å². The van der Waals surface area contributed by atoms with Gasteiger partial charge in [-0.15, -0.1) is 5.10 Å². The molecule has 0 amide bonds. The second-order valence-electron chi connectivity index (χ2n) is 7.33. The fourth-order valence-electron chi connectivity index (χ4n) is 5.37. The quantitative estimate of drug-likeness (QED) is 0.835. The number of anilines is 1. The van der Waals surface area contributed by atoms with Crippen LogP contribution in [-0.2, 0) is 4.79 Å². The van der Waals surface area contributed by atoms with Crippen molar-refractivity contribution in [3.63, 3.8) is 0 Å². The molecular formula is C15H22N4OS. The Bertz CT molecular complexity index is 534. The van der Waals surface area contributed by atoms with Gasteiger partial charge in [-0.05, 0) is 63.2 Å². The van der Waals surface area contributed by atoms with Crippen molar-refractivity contribution in [1.29, 1.82) is 0 Å². The normalized spacial score (nSPS) is 38.6. The van der Waals surface area contributed by atoms with Gasteiger partial charge in [-0.2, -0.15) is 4.98 Å². The minimum absolute atomic E-state index is 0.0387. The van der Waals surface area contributed by atoms with Crippen molar-refractivity contribution in [2.24, 2.45) is 23.2 Å². The number of ketones is 1. The topological polar surface area (TPSA) is 84.7 Å². The highest BCUT2D eigenvalue weighted by Crippen LogP contribution is 2.61. The molecule has 1 heterocycles. The first-order valence-electron chi connectivity index (χ1n) is 7.93. The van der Waals surface area contributed by atoms with Crippen molar-refractivity contribution in [1.82, 2.24) is 15.2 Å². The molecule has 1 atom stereocenters. The number of hydrogen-bond donors (Lipinski definition) is 2. The third kappa shape index (κ3) is 2.28. The predicted molar refractivity (Wildman–Crippen MR) is 81.7 cm³/mol. The lowest BCUT2D eigenvalue weighted by atomic mass is 9.48. The summed E-state index contributed by atoms with van der Waals surface area (Å²) in [6.07, 6.45) is 7.47. The number of carbonyl (C=O) groups is 1. The highest BCUT2D eigenvalue weighted by atomic mass is 32.2. The molecule has 4 fully saturated rings. The second-order valence-corrected chi connectivity index (χ2v) is 8.63. The zero-order valence-electron chi connectivity index (χ0n) is 12.3. The summed E-state index contributed by atoms with van der Waals surface area (Å²) >= 11 is 1.44. The van der Waals surface area contributed by atoms with Crippen LogP contribution >= 0.6 is 11.8 Å². The second kappa shape index (κ2) is 4.73. The molecule has 4 saturated carbocycles. The number of rotatable bonds is 4. The average molecular weight is 306 g/mol. The van der Waals surface area contributed by atoms with Crippen LogP contribution in [0.3, 0.4) is 0 Å². The van der Waals surface area contributed by atoms with E-state index < -0.39 is 0 Å². The molecule has 6 heteroatoms. The van der Waals surface area contributed by atoms with Crippen molar-refractivity contribution in [3.05, 3.63) is 0 Å². The van der Waals surface area contributed by atoms with Gasteiger partial charge in [-0.3, -0.25) is 4.79 Å². The summed E-state index contributed by atoms with van der Waals surface area (Å²) in [5.41, 5.74) is 5.51. The minimum Gasteiger partial charge on any atom is -0.368 e. The van der Waals surface area contributed by atoms with Gasteiger partial charge in [-0.25, -0.2) is 5.10 Å². The van der Waals surface area contributed by atoms with E-state index in [-0.39, 0.29) is 10.7 Å². The first-order chi connectivity index (χ1) is 10.0. The van der Waals surface area contributed by atoms with E-state index in [0.29, 0.717) is 16.9 Å². The molecule has 0 saturated heterocycles. The average Bonchev–Trinajstić information content (AvgIpc) is 2.81. The Morgan fingerprint density at radius 3 is 2.33 bits per heavy atom. The monoisotopic (exact) mass is 306 g/mol. The van der Waals surface area contributed by atoms with Gasteiger partial charge >= 0.3 is 0 Å². The molecule has 1 aromatic heterocycles. The Hall–Kier alpha value is -1.04. The number of hydrogen-bond acceptors (Lipinski definition) is 5. The van der Waals surface area contributed by atoms with E-state index >= 15 is 0 Å². The van der Waals surface area contributed by atoms with Gasteiger partial charge in [0.25, 0.3) is 0 Å². The van der Waals surface area contributed by atoms with Gasteiger partial charge < -0.3 is 5.73 Å². The molecule has 114 valence electrons. The van der Waals surface area contributed by atoms with E-state index in [1.54, 1.807) is 0 Å². The molecule has 4 bridgehead atoms. The number of H-pyrrole nitrogens is 1. The Kier molecular flexibility index (Phi) is 3.07. The molecule has 1 unspecified atom stereocenters. The first-order valence-corrected chi connectivity index (χ1v) is 8.81. The number of nitrogens with one attached hydrogen (secondary N) is 1. The summed E-state index contributed by atoms with van der Waals surface area (Å²) in [5.74, 6) is 3.14. The summed E-state index contributed by atoms with van der Waals surface area (Å²) in [6, 6.07) is 0. The van der Waals surface area contributed by atoms with Crippen LogP contribution in [0.15, 0.2) is 5.16 Å². The molecule has 4 aliphatic rings. The molecule has 21 heavy (non-hydrogen) atoms. The Morgan fingerprint density at radius 2 is 1.86 bits per heavy atom. The van der Waals surface area contributed by atoms with Gasteiger partial charge in [0, 0.05) is 5.41 Å². The van der Waals surface area contributed by atoms with Crippen LogP contribution < -0.4 is 5.73 Å². The standard InChI is InChI=1S/C15H22N4OS/c1-8(21-14-17-13(16)18-19-14)12(20)15-5-9-2-10(6-15)4-11(3-9)7-15/h8-11H,2-7H2,1H3,(H3,16,17,18,19). The van der Waals surface area contributed by atoms with E-state index in [4.69, 9.17) is 5.73 Å². The summed E-state index contributed by atoms with van der Waals surface area (Å²) in [5, 5.41) is 7.16. The highest BCUT2D eigenvalue weighted by Gasteiger charge is 2.55. The molecule has 0 aliphatic heterocycles. The van der Waals surface area contributed by atoms with Crippen LogP contribution in [0.25, 0.3) is 0 Å². The lowest BCUT2D eigenvalue weighted by molar-refractivity contribution is -0.142. The molecule has 5 rings (SSSR count). The maximum absolute atomic E-state index is 13.1. The van der Waals surface area contributed by atoms with E-state index in [0.717, 1.165) is 37.0 Å². The smallest absolute Gasteiger partial charge is 0.216 e. The van der Waals surface area contributed by atoms with E-state index in [2.05, 4.69) is 15.2 Å². The predicted octanol–water partition coefficient (Wildman–Crippen LogP) is 2.65. The van der Waals surface area contributed by atoms with Crippen molar-refractivity contribution < 1.29 is 4.79 Å². The van der Waals surface area contributed by atoms with Crippen LogP contribution in [0.1, 0.15) is 45.4 Å². The molecular weight excluding hydrogens is 284 g/mol. The van der Waals surface area contributed by atoms with E-state index in [9.17, 15) is 4.79 Å². The molecule has 0 radical (unpaired) electrons. The van der Waals surface area contributed by atoms with Crippen LogP contribution in [0.2, 0.25) is 0 Å². The fourth-order valence-corrected chi connectivity index (χ4v) is 6.29. The molecule has 1 aromatic rings. The number of Topliss-reactive ketones (excluding diaryl/α,β-unsaturated/α-hetero) is 1. The number of aromatic nitrogens is 3. The lowest BCUT2D eigenvalue weighted by Crippen LogP contribution is -2.51. The van der Waals surface area contributed by atoms with Crippen LogP contribution in [0.4, 0.5) is 5.95 Å². The molecule has 0 aromatic carbocycles. The third-order valence-corrected chi connectivity index (χ3v) is 6.66. The Balaban J connectivity index is 1.51. The minimum atomic E-state index is -0.0866. The number of nitrogen functional groups attached to an aromatic ring is 1. The lowest BCUT2D eigenvalue weighted by Gasteiger charge is -2.56.